The molecule has 8 heteroatoms. The Kier molecular flexibility index (Phi) is 5.75. The first kappa shape index (κ1) is 18.9. The monoisotopic (exact) mass is 384 g/mol. The van der Waals surface area contributed by atoms with Gasteiger partial charge in [0.25, 0.3) is 17.1 Å². The van der Waals surface area contributed by atoms with Gasteiger partial charge in [0.05, 0.1) is 11.2 Å². The van der Waals surface area contributed by atoms with Gasteiger partial charge in [0, 0.05) is 36.5 Å². The highest BCUT2D eigenvalue weighted by molar-refractivity contribution is 8.18. The molecule has 0 aliphatic carbocycles. The summed E-state index contributed by atoms with van der Waals surface area (Å²) in [6.07, 6.45) is 5.68. The summed E-state index contributed by atoms with van der Waals surface area (Å²) in [7, 11) is 0. The lowest BCUT2D eigenvalue weighted by Crippen LogP contribution is -2.34. The van der Waals surface area contributed by atoms with E-state index in [2.05, 4.69) is 15.3 Å². The van der Waals surface area contributed by atoms with Crippen molar-refractivity contribution in [2.75, 3.05) is 6.54 Å². The number of H-pyrrole nitrogens is 1. The number of aromatic nitrogens is 2. The quantitative estimate of drug-likeness (QED) is 0.747. The van der Waals surface area contributed by atoms with Gasteiger partial charge in [0.15, 0.2) is 0 Å². The van der Waals surface area contributed by atoms with Gasteiger partial charge >= 0.3 is 0 Å². The number of rotatable bonds is 6. The van der Waals surface area contributed by atoms with E-state index >= 15 is 0 Å². The minimum Gasteiger partial charge on any atom is -0.352 e. The van der Waals surface area contributed by atoms with E-state index in [9.17, 15) is 14.4 Å². The Morgan fingerprint density at radius 1 is 1.30 bits per heavy atom. The van der Waals surface area contributed by atoms with E-state index in [1.807, 2.05) is 0 Å². The molecule has 2 N–H and O–H groups in total. The van der Waals surface area contributed by atoms with Crippen molar-refractivity contribution in [3.8, 4) is 0 Å². The molecule has 0 radical (unpaired) electrons. The number of carbonyl (C=O) groups is 3. The molecule has 27 heavy (non-hydrogen) atoms. The van der Waals surface area contributed by atoms with Crippen molar-refractivity contribution in [2.45, 2.75) is 26.3 Å². The van der Waals surface area contributed by atoms with Crippen molar-refractivity contribution >= 4 is 34.9 Å². The number of amides is 3. The summed E-state index contributed by atoms with van der Waals surface area (Å²) in [5.41, 5.74) is 2.26. The fourth-order valence-corrected chi connectivity index (χ4v) is 3.60. The van der Waals surface area contributed by atoms with Crippen LogP contribution in [0.3, 0.4) is 0 Å². The second-order valence-corrected chi connectivity index (χ2v) is 7.34. The van der Waals surface area contributed by atoms with Crippen LogP contribution in [0.15, 0.2) is 41.7 Å². The second kappa shape index (κ2) is 8.22. The zero-order chi connectivity index (χ0) is 19.4. The van der Waals surface area contributed by atoms with Crippen LogP contribution < -0.4 is 5.32 Å². The van der Waals surface area contributed by atoms with Crippen molar-refractivity contribution < 1.29 is 14.4 Å². The third kappa shape index (κ3) is 4.46. The standard InChI is InChI=1S/C19H20N4O3S/c1-12(2)23-18(25)16(27-19(23)26)9-13-3-5-14(6-4-13)17(24)21-8-7-15-10-20-11-22-15/h3-6,9-12H,7-8H2,1-2H3,(H,20,22)(H,21,24). The molecule has 0 unspecified atom stereocenters. The highest BCUT2D eigenvalue weighted by atomic mass is 32.2. The van der Waals surface area contributed by atoms with Gasteiger partial charge in [-0.05, 0) is 49.4 Å². The molecule has 0 bridgehead atoms. The predicted molar refractivity (Wildman–Crippen MR) is 104 cm³/mol. The maximum atomic E-state index is 12.3. The molecule has 7 nitrogen and oxygen atoms in total. The number of nitrogens with one attached hydrogen (secondary N) is 2. The number of thioether (sulfide) groups is 1. The summed E-state index contributed by atoms with van der Waals surface area (Å²) in [6, 6.07) is 6.74. The number of imidazole rings is 1. The Hall–Kier alpha value is -2.87. The van der Waals surface area contributed by atoms with E-state index in [-0.39, 0.29) is 23.1 Å². The third-order valence-corrected chi connectivity index (χ3v) is 4.93. The first-order valence-corrected chi connectivity index (χ1v) is 9.40. The normalized spacial score (nSPS) is 15.8. The van der Waals surface area contributed by atoms with Crippen LogP contribution in [0.2, 0.25) is 0 Å². The molecule has 1 saturated heterocycles. The third-order valence-electron chi connectivity index (χ3n) is 4.05. The summed E-state index contributed by atoms with van der Waals surface area (Å²) < 4.78 is 0. The smallest absolute Gasteiger partial charge is 0.293 e. The fraction of sp³-hybridized carbons (Fsp3) is 0.263. The number of hydrogen-bond donors (Lipinski definition) is 2. The molecular formula is C19H20N4O3S. The van der Waals surface area contributed by atoms with Crippen LogP contribution in [-0.2, 0) is 11.2 Å². The zero-order valence-electron chi connectivity index (χ0n) is 15.1. The summed E-state index contributed by atoms with van der Waals surface area (Å²) in [6.45, 7) is 4.11. The van der Waals surface area contributed by atoms with Gasteiger partial charge in [-0.15, -0.1) is 0 Å². The van der Waals surface area contributed by atoms with E-state index in [1.165, 1.54) is 4.90 Å². The van der Waals surface area contributed by atoms with Crippen molar-refractivity contribution in [3.63, 3.8) is 0 Å². The molecule has 0 atom stereocenters. The van der Waals surface area contributed by atoms with E-state index in [0.717, 1.165) is 23.0 Å². The van der Waals surface area contributed by atoms with E-state index < -0.39 is 0 Å². The van der Waals surface area contributed by atoms with Crippen molar-refractivity contribution in [2.24, 2.45) is 0 Å². The summed E-state index contributed by atoms with van der Waals surface area (Å²) >= 11 is 0.936. The topological polar surface area (TPSA) is 95.2 Å². The average molecular weight is 384 g/mol. The zero-order valence-corrected chi connectivity index (χ0v) is 15.9. The average Bonchev–Trinajstić information content (AvgIpc) is 3.23. The number of carbonyl (C=O) groups excluding carboxylic acids is 3. The van der Waals surface area contributed by atoms with Crippen LogP contribution in [0.4, 0.5) is 4.79 Å². The van der Waals surface area contributed by atoms with Crippen molar-refractivity contribution in [1.82, 2.24) is 20.2 Å². The lowest BCUT2D eigenvalue weighted by Gasteiger charge is -2.16. The lowest BCUT2D eigenvalue weighted by molar-refractivity contribution is -0.123. The minimum absolute atomic E-state index is 0.166. The Morgan fingerprint density at radius 2 is 2.04 bits per heavy atom. The van der Waals surface area contributed by atoms with Crippen LogP contribution in [0.5, 0.6) is 0 Å². The van der Waals surface area contributed by atoms with Crippen LogP contribution in [0.1, 0.15) is 35.5 Å². The van der Waals surface area contributed by atoms with Gasteiger partial charge < -0.3 is 10.3 Å². The Morgan fingerprint density at radius 3 is 2.63 bits per heavy atom. The van der Waals surface area contributed by atoms with Crippen LogP contribution in [0.25, 0.3) is 6.08 Å². The Bertz CT molecular complexity index is 873. The predicted octanol–water partition coefficient (Wildman–Crippen LogP) is 2.83. The van der Waals surface area contributed by atoms with Crippen molar-refractivity contribution in [3.05, 3.63) is 58.5 Å². The lowest BCUT2D eigenvalue weighted by atomic mass is 10.1. The summed E-state index contributed by atoms with van der Waals surface area (Å²) in [5, 5.41) is 2.59. The SMILES string of the molecule is CC(C)N1C(=O)SC(=Cc2ccc(C(=O)NCCc3cnc[nH]3)cc2)C1=O. The molecule has 1 aromatic carbocycles. The molecule has 1 fully saturated rings. The molecule has 1 aromatic heterocycles. The number of imide groups is 1. The fourth-order valence-electron chi connectivity index (χ4n) is 2.64. The number of hydrogen-bond acceptors (Lipinski definition) is 5. The largest absolute Gasteiger partial charge is 0.352 e. The highest BCUT2D eigenvalue weighted by Crippen LogP contribution is 2.33. The molecule has 0 saturated carbocycles. The molecule has 3 rings (SSSR count). The first-order chi connectivity index (χ1) is 13.0. The first-order valence-electron chi connectivity index (χ1n) is 8.58. The molecule has 1 aliphatic heterocycles. The molecule has 2 heterocycles. The summed E-state index contributed by atoms with van der Waals surface area (Å²) in [5.74, 6) is -0.443. The maximum Gasteiger partial charge on any atom is 0.293 e. The van der Waals surface area contributed by atoms with E-state index in [1.54, 1.807) is 56.7 Å². The Balaban J connectivity index is 1.61. The molecule has 0 spiro atoms. The van der Waals surface area contributed by atoms with Crippen molar-refractivity contribution in [1.29, 1.82) is 0 Å². The molecule has 1 aliphatic rings. The minimum atomic E-state index is -0.277. The number of aromatic amines is 1. The van der Waals surface area contributed by atoms with Crippen LogP contribution in [-0.4, -0.2) is 44.5 Å². The molecule has 2 aromatic rings. The molecule has 140 valence electrons. The van der Waals surface area contributed by atoms with Crippen LogP contribution in [0, 0.1) is 0 Å². The van der Waals surface area contributed by atoms with Gasteiger partial charge in [0.1, 0.15) is 0 Å². The van der Waals surface area contributed by atoms with Gasteiger partial charge in [-0.25, -0.2) is 4.98 Å². The number of benzene rings is 1. The maximum absolute atomic E-state index is 12.3. The van der Waals surface area contributed by atoms with Gasteiger partial charge in [0.2, 0.25) is 0 Å². The number of nitrogens with zero attached hydrogens (tertiary/aromatic N) is 2. The molecule has 3 amide bonds. The summed E-state index contributed by atoms with van der Waals surface area (Å²) in [4.78, 5) is 45.0. The Labute approximate surface area is 161 Å². The van der Waals surface area contributed by atoms with Gasteiger partial charge in [-0.3, -0.25) is 19.3 Å². The van der Waals surface area contributed by atoms with E-state index in [4.69, 9.17) is 0 Å². The second-order valence-electron chi connectivity index (χ2n) is 6.35. The van der Waals surface area contributed by atoms with Crippen LogP contribution >= 0.6 is 11.8 Å². The van der Waals surface area contributed by atoms with E-state index in [0.29, 0.717) is 23.4 Å². The highest BCUT2D eigenvalue weighted by Gasteiger charge is 2.36. The molecular weight excluding hydrogens is 364 g/mol. The van der Waals surface area contributed by atoms with Gasteiger partial charge in [-0.1, -0.05) is 12.1 Å². The van der Waals surface area contributed by atoms with Gasteiger partial charge in [-0.2, -0.15) is 0 Å².